The first-order valence-corrected chi connectivity index (χ1v) is 5.86. The van der Waals surface area contributed by atoms with Gasteiger partial charge in [0.2, 0.25) is 0 Å². The van der Waals surface area contributed by atoms with Crippen LogP contribution in [0.4, 0.5) is 0 Å². The molecular weight excluding hydrogens is 232 g/mol. The number of fused-ring (bicyclic) bond motifs is 1. The van der Waals surface area contributed by atoms with E-state index in [-0.39, 0.29) is 5.56 Å². The van der Waals surface area contributed by atoms with Gasteiger partial charge in [0, 0.05) is 6.42 Å². The van der Waals surface area contributed by atoms with Crippen LogP contribution in [0.2, 0.25) is 0 Å². The lowest BCUT2D eigenvalue weighted by molar-refractivity contribution is -0.497. The van der Waals surface area contributed by atoms with E-state index < -0.39 is 0 Å². The lowest BCUT2D eigenvalue weighted by Gasteiger charge is -2.03. The molecule has 0 amide bonds. The molecule has 92 valence electrons. The van der Waals surface area contributed by atoms with Crippen molar-refractivity contribution < 1.29 is 9.41 Å². The van der Waals surface area contributed by atoms with E-state index in [1.807, 2.05) is 17.7 Å². The molecule has 3 rings (SSSR count). The number of rotatable bonds is 1. The van der Waals surface area contributed by atoms with Crippen LogP contribution in [0.3, 0.4) is 0 Å². The Bertz CT molecular complexity index is 690. The van der Waals surface area contributed by atoms with Gasteiger partial charge in [-0.05, 0) is 22.2 Å². The summed E-state index contributed by atoms with van der Waals surface area (Å²) >= 11 is 0. The van der Waals surface area contributed by atoms with Crippen molar-refractivity contribution in [2.24, 2.45) is 0 Å². The Balaban J connectivity index is 2.06. The largest absolute Gasteiger partial charge is 0.363 e. The quantitative estimate of drug-likeness (QED) is 0.666. The van der Waals surface area contributed by atoms with Gasteiger partial charge in [-0.1, -0.05) is 12.1 Å². The van der Waals surface area contributed by atoms with Gasteiger partial charge in [0.25, 0.3) is 0 Å². The van der Waals surface area contributed by atoms with Gasteiger partial charge < -0.3 is 0 Å². The molecule has 1 aliphatic rings. The lowest BCUT2D eigenvalue weighted by atomic mass is 10.2. The van der Waals surface area contributed by atoms with Crippen LogP contribution in [0.15, 0.2) is 29.1 Å². The zero-order valence-corrected chi connectivity index (χ0v) is 10.0. The topological polar surface area (TPSA) is 60.0 Å². The van der Waals surface area contributed by atoms with Gasteiger partial charge in [-0.15, -0.1) is 5.10 Å². The van der Waals surface area contributed by atoms with E-state index in [4.69, 9.17) is 4.84 Å². The predicted octanol–water partition coefficient (Wildman–Crippen LogP) is 0.0547. The van der Waals surface area contributed by atoms with Crippen molar-refractivity contribution in [2.45, 2.75) is 12.8 Å². The molecule has 1 aliphatic heterocycles. The molecule has 0 fully saturated rings. The molecule has 0 unspecified atom stereocenters. The first kappa shape index (κ1) is 10.9. The molecular formula is C12H13N4O2+. The molecule has 1 aromatic carbocycles. The van der Waals surface area contributed by atoms with Gasteiger partial charge in [0.1, 0.15) is 19.1 Å². The van der Waals surface area contributed by atoms with E-state index in [0.29, 0.717) is 10.9 Å². The molecule has 0 atom stereocenters. The Morgan fingerprint density at radius 2 is 2.22 bits per heavy atom. The first-order chi connectivity index (χ1) is 8.75. The monoisotopic (exact) mass is 245 g/mol. The molecule has 0 spiro atoms. The minimum Gasteiger partial charge on any atom is -0.293 e. The molecule has 0 N–H and O–H groups in total. The van der Waals surface area contributed by atoms with E-state index in [0.717, 1.165) is 30.1 Å². The summed E-state index contributed by atoms with van der Waals surface area (Å²) in [4.78, 5) is 18.6. The highest BCUT2D eigenvalue weighted by atomic mass is 16.7. The fourth-order valence-electron chi connectivity index (χ4n) is 2.03. The van der Waals surface area contributed by atoms with Crippen molar-refractivity contribution in [3.8, 4) is 0 Å². The Morgan fingerprint density at radius 1 is 1.39 bits per heavy atom. The van der Waals surface area contributed by atoms with Crippen LogP contribution in [-0.4, -0.2) is 39.2 Å². The van der Waals surface area contributed by atoms with E-state index in [1.54, 1.807) is 18.2 Å². The third-order valence-corrected chi connectivity index (χ3v) is 3.04. The maximum atomic E-state index is 12.1. The molecule has 2 heterocycles. The normalized spacial score (nSPS) is 15.4. The molecule has 2 aromatic rings. The van der Waals surface area contributed by atoms with Crippen LogP contribution < -0.4 is 10.4 Å². The van der Waals surface area contributed by atoms with Gasteiger partial charge in [0.15, 0.2) is 0 Å². The molecule has 0 aliphatic carbocycles. The number of benzene rings is 1. The zero-order chi connectivity index (χ0) is 12.5. The Labute approximate surface area is 103 Å². The van der Waals surface area contributed by atoms with Crippen molar-refractivity contribution in [1.82, 2.24) is 15.2 Å². The van der Waals surface area contributed by atoms with Gasteiger partial charge in [-0.3, -0.25) is 9.63 Å². The van der Waals surface area contributed by atoms with Crippen molar-refractivity contribution >= 4 is 16.8 Å². The average molecular weight is 245 g/mol. The van der Waals surface area contributed by atoms with Crippen LogP contribution in [-0.2, 0) is 0 Å². The minimum absolute atomic E-state index is 0.284. The maximum absolute atomic E-state index is 12.1. The molecule has 0 saturated heterocycles. The summed E-state index contributed by atoms with van der Waals surface area (Å²) in [6.07, 6.45) is 1.85. The summed E-state index contributed by atoms with van der Waals surface area (Å²) in [5, 5.41) is 8.26. The SMILES string of the molecule is C[N+]1=C(On2nnc3ccccc3c2=O)CCC1. The number of hydrogen-bond donors (Lipinski definition) is 0. The fraction of sp³-hybridized carbons (Fsp3) is 0.333. The third-order valence-electron chi connectivity index (χ3n) is 3.04. The van der Waals surface area contributed by atoms with Gasteiger partial charge in [-0.2, -0.15) is 0 Å². The fourth-order valence-corrected chi connectivity index (χ4v) is 2.03. The van der Waals surface area contributed by atoms with Crippen LogP contribution >= 0.6 is 0 Å². The summed E-state index contributed by atoms with van der Waals surface area (Å²) in [5.41, 5.74) is 0.292. The van der Waals surface area contributed by atoms with Crippen molar-refractivity contribution in [2.75, 3.05) is 13.6 Å². The Hall–Kier alpha value is -2.24. The number of nitrogens with zero attached hydrogens (tertiary/aromatic N) is 4. The molecule has 6 nitrogen and oxygen atoms in total. The predicted molar refractivity (Wildman–Crippen MR) is 65.7 cm³/mol. The highest BCUT2D eigenvalue weighted by molar-refractivity contribution is 5.76. The average Bonchev–Trinajstić information content (AvgIpc) is 2.79. The second kappa shape index (κ2) is 4.21. The summed E-state index contributed by atoms with van der Waals surface area (Å²) in [5.74, 6) is 0.752. The molecule has 0 bridgehead atoms. The maximum Gasteiger partial charge on any atom is 0.363 e. The van der Waals surface area contributed by atoms with Gasteiger partial charge in [-0.25, -0.2) is 4.58 Å². The summed E-state index contributed by atoms with van der Waals surface area (Å²) in [6.45, 7) is 0.936. The summed E-state index contributed by atoms with van der Waals surface area (Å²) in [6, 6.07) is 7.09. The Morgan fingerprint density at radius 3 is 3.00 bits per heavy atom. The third kappa shape index (κ3) is 1.75. The lowest BCUT2D eigenvalue weighted by Crippen LogP contribution is -2.35. The second-order valence-electron chi connectivity index (χ2n) is 4.29. The van der Waals surface area contributed by atoms with Crippen molar-refractivity contribution in [1.29, 1.82) is 0 Å². The van der Waals surface area contributed by atoms with Crippen LogP contribution in [0, 0.1) is 0 Å². The van der Waals surface area contributed by atoms with Gasteiger partial charge in [0.05, 0.1) is 11.8 Å². The number of aromatic nitrogens is 3. The number of hydrogen-bond acceptors (Lipinski definition) is 4. The minimum atomic E-state index is -0.284. The standard InChI is InChI=1S/C12H13N4O2/c1-15-8-4-7-11(15)18-16-12(17)9-5-2-3-6-10(9)13-14-16/h2-3,5-6H,4,7-8H2,1H3/q+1. The Kier molecular flexibility index (Phi) is 2.55. The van der Waals surface area contributed by atoms with Gasteiger partial charge >= 0.3 is 11.5 Å². The van der Waals surface area contributed by atoms with E-state index in [9.17, 15) is 4.79 Å². The highest BCUT2D eigenvalue weighted by Gasteiger charge is 2.22. The summed E-state index contributed by atoms with van der Waals surface area (Å²) in [7, 11) is 1.93. The smallest absolute Gasteiger partial charge is 0.293 e. The van der Waals surface area contributed by atoms with E-state index in [2.05, 4.69) is 10.3 Å². The second-order valence-corrected chi connectivity index (χ2v) is 4.29. The van der Waals surface area contributed by atoms with Crippen molar-refractivity contribution in [3.63, 3.8) is 0 Å². The summed E-state index contributed by atoms with van der Waals surface area (Å²) < 4.78 is 1.98. The molecule has 6 heteroatoms. The van der Waals surface area contributed by atoms with E-state index in [1.165, 1.54) is 0 Å². The van der Waals surface area contributed by atoms with Crippen LogP contribution in [0.1, 0.15) is 12.8 Å². The highest BCUT2D eigenvalue weighted by Crippen LogP contribution is 2.04. The van der Waals surface area contributed by atoms with Crippen LogP contribution in [0.25, 0.3) is 10.9 Å². The first-order valence-electron chi connectivity index (χ1n) is 5.86. The molecule has 1 aromatic heterocycles. The zero-order valence-electron chi connectivity index (χ0n) is 10.0. The molecule has 18 heavy (non-hydrogen) atoms. The molecule has 0 saturated carbocycles. The van der Waals surface area contributed by atoms with Crippen molar-refractivity contribution in [3.05, 3.63) is 34.6 Å². The molecule has 0 radical (unpaired) electrons. The van der Waals surface area contributed by atoms with E-state index >= 15 is 0 Å². The van der Waals surface area contributed by atoms with Crippen LogP contribution in [0.5, 0.6) is 0 Å².